The number of hydrogen-bond donors (Lipinski definition) is 1. The lowest BCUT2D eigenvalue weighted by Crippen LogP contribution is -2.24. The van der Waals surface area contributed by atoms with Gasteiger partial charge < -0.3 is 10.6 Å². The molecule has 0 aliphatic rings. The molecule has 2 N–H and O–H groups in total. The highest BCUT2D eigenvalue weighted by atomic mass is 32.1. The van der Waals surface area contributed by atoms with E-state index in [0.29, 0.717) is 12.1 Å². The van der Waals surface area contributed by atoms with Crippen molar-refractivity contribution in [2.45, 2.75) is 19.1 Å². The Labute approximate surface area is 126 Å². The van der Waals surface area contributed by atoms with E-state index in [9.17, 15) is 13.2 Å². The van der Waals surface area contributed by atoms with Crippen LogP contribution in [0.1, 0.15) is 16.0 Å². The molecule has 0 atom stereocenters. The second-order valence-corrected chi connectivity index (χ2v) is 5.84. The Hall–Kier alpha value is -1.53. The second kappa shape index (κ2) is 6.49. The number of hydrogen-bond acceptors (Lipinski definition) is 3. The Balaban J connectivity index is 2.21. The van der Waals surface area contributed by atoms with Crippen LogP contribution in [0, 0.1) is 0 Å². The summed E-state index contributed by atoms with van der Waals surface area (Å²) < 4.78 is 39.5. The summed E-state index contributed by atoms with van der Waals surface area (Å²) in [6.07, 6.45) is -3.65. The monoisotopic (exact) mass is 314 g/mol. The second-order valence-electron chi connectivity index (χ2n) is 4.80. The molecule has 0 bridgehead atoms. The van der Waals surface area contributed by atoms with Crippen molar-refractivity contribution in [3.8, 4) is 0 Å². The van der Waals surface area contributed by atoms with Gasteiger partial charge in [0.15, 0.2) is 0 Å². The molecular weight excluding hydrogens is 297 g/mol. The van der Waals surface area contributed by atoms with Crippen LogP contribution in [0.3, 0.4) is 0 Å². The van der Waals surface area contributed by atoms with Gasteiger partial charge in [-0.15, -0.1) is 11.3 Å². The van der Waals surface area contributed by atoms with E-state index in [0.717, 1.165) is 17.4 Å². The molecular formula is C15H17F3N2S. The van der Waals surface area contributed by atoms with Crippen LogP contribution in [0.2, 0.25) is 0 Å². The van der Waals surface area contributed by atoms with Gasteiger partial charge in [-0.25, -0.2) is 0 Å². The van der Waals surface area contributed by atoms with E-state index in [1.807, 2.05) is 17.5 Å². The van der Waals surface area contributed by atoms with Crippen LogP contribution in [0.15, 0.2) is 35.7 Å². The molecule has 2 nitrogen and oxygen atoms in total. The largest absolute Gasteiger partial charge is 0.418 e. The van der Waals surface area contributed by atoms with Gasteiger partial charge in [0.2, 0.25) is 0 Å². The fraction of sp³-hybridized carbons (Fsp3) is 0.333. The molecule has 2 rings (SSSR count). The SMILES string of the molecule is CN(CCc1cccs1)c1ccc(CN)cc1C(F)(F)F. The molecule has 21 heavy (non-hydrogen) atoms. The van der Waals surface area contributed by atoms with Crippen LogP contribution >= 0.6 is 11.3 Å². The van der Waals surface area contributed by atoms with Crippen molar-refractivity contribution in [2.75, 3.05) is 18.5 Å². The van der Waals surface area contributed by atoms with Gasteiger partial charge in [-0.3, -0.25) is 0 Å². The van der Waals surface area contributed by atoms with Gasteiger partial charge in [0.05, 0.1) is 5.56 Å². The molecule has 114 valence electrons. The van der Waals surface area contributed by atoms with Gasteiger partial charge in [0.25, 0.3) is 0 Å². The molecule has 0 radical (unpaired) electrons. The summed E-state index contributed by atoms with van der Waals surface area (Å²) >= 11 is 1.61. The third-order valence-electron chi connectivity index (χ3n) is 3.29. The molecule has 1 aromatic heterocycles. The van der Waals surface area contributed by atoms with Crippen LogP contribution in [0.25, 0.3) is 0 Å². The van der Waals surface area contributed by atoms with E-state index in [-0.39, 0.29) is 12.2 Å². The van der Waals surface area contributed by atoms with E-state index in [1.165, 1.54) is 6.07 Å². The Kier molecular flexibility index (Phi) is 4.90. The van der Waals surface area contributed by atoms with E-state index in [1.54, 1.807) is 29.4 Å². The smallest absolute Gasteiger partial charge is 0.374 e. The average Bonchev–Trinajstić information content (AvgIpc) is 2.96. The van der Waals surface area contributed by atoms with Crippen molar-refractivity contribution >= 4 is 17.0 Å². The van der Waals surface area contributed by atoms with Gasteiger partial charge in [-0.05, 0) is 35.6 Å². The van der Waals surface area contributed by atoms with Gasteiger partial charge in [0.1, 0.15) is 0 Å². The number of nitrogens with zero attached hydrogens (tertiary/aromatic N) is 1. The molecule has 1 heterocycles. The van der Waals surface area contributed by atoms with Crippen molar-refractivity contribution in [3.63, 3.8) is 0 Å². The number of thiophene rings is 1. The van der Waals surface area contributed by atoms with Crippen LogP contribution in [-0.4, -0.2) is 13.6 Å². The first-order valence-corrected chi connectivity index (χ1v) is 7.43. The highest BCUT2D eigenvalue weighted by Crippen LogP contribution is 2.37. The lowest BCUT2D eigenvalue weighted by Gasteiger charge is -2.24. The maximum Gasteiger partial charge on any atom is 0.418 e. The normalized spacial score (nSPS) is 11.7. The molecule has 0 spiro atoms. The summed E-state index contributed by atoms with van der Waals surface area (Å²) in [4.78, 5) is 2.80. The Morgan fingerprint density at radius 1 is 1.24 bits per heavy atom. The number of nitrogens with two attached hydrogens (primary N) is 1. The summed E-state index contributed by atoms with van der Waals surface area (Å²) in [5.74, 6) is 0. The molecule has 6 heteroatoms. The highest BCUT2D eigenvalue weighted by molar-refractivity contribution is 7.09. The molecule has 0 amide bonds. The van der Waals surface area contributed by atoms with Gasteiger partial charge in [-0.1, -0.05) is 12.1 Å². The standard InChI is InChI=1S/C15H17F3N2S/c1-20(7-6-12-3-2-8-21-12)14-5-4-11(10-19)9-13(14)15(16,17)18/h2-5,8-9H,6-7,10,19H2,1H3. The summed E-state index contributed by atoms with van der Waals surface area (Å²) in [5.41, 5.74) is 5.48. The Morgan fingerprint density at radius 2 is 2.00 bits per heavy atom. The summed E-state index contributed by atoms with van der Waals surface area (Å²) in [7, 11) is 1.68. The van der Waals surface area contributed by atoms with Crippen molar-refractivity contribution in [1.82, 2.24) is 0 Å². The fourth-order valence-electron chi connectivity index (χ4n) is 2.12. The van der Waals surface area contributed by atoms with Crippen molar-refractivity contribution < 1.29 is 13.2 Å². The highest BCUT2D eigenvalue weighted by Gasteiger charge is 2.34. The minimum absolute atomic E-state index is 0.0995. The number of likely N-dealkylation sites (N-methyl/N-ethyl adjacent to an activating group) is 1. The minimum atomic E-state index is -4.38. The van der Waals surface area contributed by atoms with Crippen molar-refractivity contribution in [2.24, 2.45) is 5.73 Å². The summed E-state index contributed by atoms with van der Waals surface area (Å²) in [5, 5.41) is 1.96. The summed E-state index contributed by atoms with van der Waals surface area (Å²) in [6.45, 7) is 0.633. The number of alkyl halides is 3. The van der Waals surface area contributed by atoms with E-state index in [4.69, 9.17) is 5.73 Å². The third kappa shape index (κ3) is 3.98. The first kappa shape index (κ1) is 15.9. The average molecular weight is 314 g/mol. The first-order valence-electron chi connectivity index (χ1n) is 6.55. The maximum atomic E-state index is 13.2. The topological polar surface area (TPSA) is 29.3 Å². The lowest BCUT2D eigenvalue weighted by atomic mass is 10.1. The maximum absolute atomic E-state index is 13.2. The van der Waals surface area contributed by atoms with Crippen molar-refractivity contribution in [3.05, 3.63) is 51.7 Å². The molecule has 0 fully saturated rings. The number of halogens is 3. The first-order chi connectivity index (χ1) is 9.91. The van der Waals surface area contributed by atoms with Crippen molar-refractivity contribution in [1.29, 1.82) is 0 Å². The lowest BCUT2D eigenvalue weighted by molar-refractivity contribution is -0.137. The van der Waals surface area contributed by atoms with Crippen LogP contribution in [0.5, 0.6) is 0 Å². The predicted octanol–water partition coefficient (Wildman–Crippen LogP) is 3.90. The predicted molar refractivity (Wildman–Crippen MR) is 80.6 cm³/mol. The Bertz CT molecular complexity index is 579. The van der Waals surface area contributed by atoms with E-state index < -0.39 is 11.7 Å². The zero-order valence-electron chi connectivity index (χ0n) is 11.7. The number of rotatable bonds is 5. The van der Waals surface area contributed by atoms with Gasteiger partial charge in [-0.2, -0.15) is 13.2 Å². The molecule has 0 saturated carbocycles. The van der Waals surface area contributed by atoms with Gasteiger partial charge >= 0.3 is 6.18 Å². The van der Waals surface area contributed by atoms with Crippen LogP contribution < -0.4 is 10.6 Å². The molecule has 0 aliphatic heterocycles. The molecule has 2 aromatic rings. The van der Waals surface area contributed by atoms with Crippen LogP contribution in [-0.2, 0) is 19.1 Å². The summed E-state index contributed by atoms with van der Waals surface area (Å²) in [6, 6.07) is 8.21. The quantitative estimate of drug-likeness (QED) is 0.907. The number of anilines is 1. The Morgan fingerprint density at radius 3 is 2.57 bits per heavy atom. The molecule has 0 unspecified atom stereocenters. The van der Waals surface area contributed by atoms with E-state index >= 15 is 0 Å². The molecule has 0 saturated heterocycles. The molecule has 0 aliphatic carbocycles. The minimum Gasteiger partial charge on any atom is -0.374 e. The van der Waals surface area contributed by atoms with E-state index in [2.05, 4.69) is 0 Å². The fourth-order valence-corrected chi connectivity index (χ4v) is 2.82. The zero-order valence-corrected chi connectivity index (χ0v) is 12.5. The number of benzene rings is 1. The van der Waals surface area contributed by atoms with Crippen LogP contribution in [0.4, 0.5) is 18.9 Å². The third-order valence-corrected chi connectivity index (χ3v) is 4.22. The molecule has 1 aromatic carbocycles. The van der Waals surface area contributed by atoms with Gasteiger partial charge in [0, 0.05) is 30.7 Å². The zero-order chi connectivity index (χ0) is 15.5.